The number of rotatable bonds is 6. The summed E-state index contributed by atoms with van der Waals surface area (Å²) in [5.41, 5.74) is 1.43. The summed E-state index contributed by atoms with van der Waals surface area (Å²) in [6.45, 7) is 0. The summed E-state index contributed by atoms with van der Waals surface area (Å²) in [4.78, 5) is 12.2. The molecule has 3 aromatic rings. The van der Waals surface area contributed by atoms with Gasteiger partial charge in [-0.2, -0.15) is 0 Å². The van der Waals surface area contributed by atoms with Crippen LogP contribution >= 0.6 is 0 Å². The third kappa shape index (κ3) is 4.83. The van der Waals surface area contributed by atoms with Crippen molar-refractivity contribution in [3.05, 3.63) is 95.8 Å². The monoisotopic (exact) mass is 397 g/mol. The van der Waals surface area contributed by atoms with Crippen molar-refractivity contribution in [3.63, 3.8) is 0 Å². The van der Waals surface area contributed by atoms with Crippen molar-refractivity contribution in [2.75, 3.05) is 4.72 Å². The number of sulfonamides is 1. The summed E-state index contributed by atoms with van der Waals surface area (Å²) in [5, 5.41) is 9.25. The number of carbonyl (C=O) groups excluding carboxylic acids is 1. The van der Waals surface area contributed by atoms with Gasteiger partial charge in [0.05, 0.1) is 4.90 Å². The fourth-order valence-corrected chi connectivity index (χ4v) is 3.44. The molecule has 0 atom stereocenters. The lowest BCUT2D eigenvalue weighted by Crippen LogP contribution is -2.13. The SMILES string of the molecule is O=C(/C=C/c1ccc(O)cc1)c1ccc(NS(=O)(=O)c2ccc(F)cc2)cc1. The second-order valence-electron chi connectivity index (χ2n) is 5.93. The maximum Gasteiger partial charge on any atom is 0.261 e. The van der Waals surface area contributed by atoms with E-state index in [1.807, 2.05) is 0 Å². The topological polar surface area (TPSA) is 83.5 Å². The normalized spacial score (nSPS) is 11.5. The number of benzene rings is 3. The van der Waals surface area contributed by atoms with Gasteiger partial charge in [-0.15, -0.1) is 0 Å². The third-order valence-electron chi connectivity index (χ3n) is 3.87. The van der Waals surface area contributed by atoms with E-state index in [4.69, 9.17) is 0 Å². The molecule has 0 saturated heterocycles. The van der Waals surface area contributed by atoms with Crippen molar-refractivity contribution >= 4 is 27.6 Å². The van der Waals surface area contributed by atoms with E-state index in [2.05, 4.69) is 4.72 Å². The zero-order valence-corrected chi connectivity index (χ0v) is 15.4. The lowest BCUT2D eigenvalue weighted by atomic mass is 10.1. The van der Waals surface area contributed by atoms with Crippen LogP contribution in [0.5, 0.6) is 5.75 Å². The van der Waals surface area contributed by atoms with Crippen LogP contribution in [-0.4, -0.2) is 19.3 Å². The van der Waals surface area contributed by atoms with Gasteiger partial charge in [0.1, 0.15) is 11.6 Å². The Labute approximate surface area is 161 Å². The Balaban J connectivity index is 1.69. The Hall–Kier alpha value is -3.45. The molecule has 0 bridgehead atoms. The lowest BCUT2D eigenvalue weighted by molar-refractivity contribution is 0.104. The number of anilines is 1. The van der Waals surface area contributed by atoms with E-state index in [9.17, 15) is 22.7 Å². The largest absolute Gasteiger partial charge is 0.508 e. The molecule has 5 nitrogen and oxygen atoms in total. The van der Waals surface area contributed by atoms with Crippen molar-refractivity contribution < 1.29 is 22.7 Å². The fraction of sp³-hybridized carbons (Fsp3) is 0. The van der Waals surface area contributed by atoms with Crippen molar-refractivity contribution in [2.24, 2.45) is 0 Å². The minimum atomic E-state index is -3.85. The summed E-state index contributed by atoms with van der Waals surface area (Å²) < 4.78 is 39.9. The van der Waals surface area contributed by atoms with Gasteiger partial charge >= 0.3 is 0 Å². The third-order valence-corrected chi connectivity index (χ3v) is 5.26. The number of phenolic OH excluding ortho intramolecular Hbond substituents is 1. The highest BCUT2D eigenvalue weighted by Crippen LogP contribution is 2.18. The Morgan fingerprint density at radius 1 is 0.893 bits per heavy atom. The maximum absolute atomic E-state index is 12.9. The Morgan fingerprint density at radius 2 is 1.50 bits per heavy atom. The summed E-state index contributed by atoms with van der Waals surface area (Å²) in [6.07, 6.45) is 3.01. The van der Waals surface area contributed by atoms with Gasteiger partial charge in [-0.1, -0.05) is 18.2 Å². The summed E-state index contributed by atoms with van der Waals surface area (Å²) in [5.74, 6) is -0.634. The first-order valence-electron chi connectivity index (χ1n) is 8.23. The molecule has 0 amide bonds. The Kier molecular flexibility index (Phi) is 5.56. The van der Waals surface area contributed by atoms with E-state index in [-0.39, 0.29) is 22.1 Å². The number of allylic oxidation sites excluding steroid dienone is 1. The number of nitrogens with one attached hydrogen (secondary N) is 1. The molecule has 142 valence electrons. The van der Waals surface area contributed by atoms with Crippen LogP contribution in [0.2, 0.25) is 0 Å². The molecule has 0 radical (unpaired) electrons. The molecule has 0 unspecified atom stereocenters. The number of halogens is 1. The second-order valence-corrected chi connectivity index (χ2v) is 7.61. The second kappa shape index (κ2) is 8.06. The predicted octanol–water partition coefficient (Wildman–Crippen LogP) is 4.23. The molecule has 0 aliphatic carbocycles. The number of hydrogen-bond acceptors (Lipinski definition) is 4. The zero-order chi connectivity index (χ0) is 20.1. The van der Waals surface area contributed by atoms with Crippen molar-refractivity contribution in [3.8, 4) is 5.75 Å². The van der Waals surface area contributed by atoms with Crippen LogP contribution in [0.15, 0.2) is 83.8 Å². The molecule has 0 aliphatic heterocycles. The summed E-state index contributed by atoms with van der Waals surface area (Å²) >= 11 is 0. The molecule has 0 aliphatic rings. The minimum Gasteiger partial charge on any atom is -0.508 e. The number of hydrogen-bond donors (Lipinski definition) is 2. The van der Waals surface area contributed by atoms with Gasteiger partial charge in [0.25, 0.3) is 10.0 Å². The van der Waals surface area contributed by atoms with E-state index in [0.29, 0.717) is 5.56 Å². The van der Waals surface area contributed by atoms with Crippen LogP contribution in [0.4, 0.5) is 10.1 Å². The van der Waals surface area contributed by atoms with Gasteiger partial charge in [-0.25, -0.2) is 12.8 Å². The molecule has 28 heavy (non-hydrogen) atoms. The highest BCUT2D eigenvalue weighted by Gasteiger charge is 2.14. The smallest absolute Gasteiger partial charge is 0.261 e. The van der Waals surface area contributed by atoms with Crippen LogP contribution in [-0.2, 0) is 10.0 Å². The lowest BCUT2D eigenvalue weighted by Gasteiger charge is -2.08. The van der Waals surface area contributed by atoms with Crippen molar-refractivity contribution in [1.82, 2.24) is 0 Å². The highest BCUT2D eigenvalue weighted by molar-refractivity contribution is 7.92. The first-order chi connectivity index (χ1) is 13.3. The Bertz CT molecular complexity index is 1100. The number of carbonyl (C=O) groups is 1. The molecule has 0 heterocycles. The van der Waals surface area contributed by atoms with Crippen LogP contribution < -0.4 is 4.72 Å². The van der Waals surface area contributed by atoms with Crippen LogP contribution in [0.1, 0.15) is 15.9 Å². The van der Waals surface area contributed by atoms with Crippen LogP contribution in [0.25, 0.3) is 6.08 Å². The van der Waals surface area contributed by atoms with Gasteiger partial charge in [0.15, 0.2) is 5.78 Å². The van der Waals surface area contributed by atoms with Crippen molar-refractivity contribution in [2.45, 2.75) is 4.90 Å². The number of aromatic hydroxyl groups is 1. The number of ketones is 1. The highest BCUT2D eigenvalue weighted by atomic mass is 32.2. The van der Waals surface area contributed by atoms with E-state index in [1.165, 1.54) is 54.6 Å². The Morgan fingerprint density at radius 3 is 2.11 bits per heavy atom. The molecule has 7 heteroatoms. The zero-order valence-electron chi connectivity index (χ0n) is 14.5. The van der Waals surface area contributed by atoms with Crippen LogP contribution in [0, 0.1) is 5.82 Å². The molecule has 0 fully saturated rings. The van der Waals surface area contributed by atoms with Crippen molar-refractivity contribution in [1.29, 1.82) is 0 Å². The first kappa shape index (κ1) is 19.3. The minimum absolute atomic E-state index is 0.0640. The molecule has 3 aromatic carbocycles. The van der Waals surface area contributed by atoms with Gasteiger partial charge in [0.2, 0.25) is 0 Å². The fourth-order valence-electron chi connectivity index (χ4n) is 2.38. The number of phenols is 1. The van der Waals surface area contributed by atoms with Crippen LogP contribution in [0.3, 0.4) is 0 Å². The standard InChI is InChI=1S/C21H16FNO4S/c22-17-6-12-20(13-7-17)28(26,27)23-18-8-4-16(5-9-18)21(25)14-3-15-1-10-19(24)11-2-15/h1-14,23-24H/b14-3+. The molecule has 3 rings (SSSR count). The van der Waals surface area contributed by atoms with Gasteiger partial charge < -0.3 is 5.11 Å². The molecular formula is C21H16FNO4S. The maximum atomic E-state index is 12.9. The van der Waals surface area contributed by atoms with Gasteiger partial charge in [-0.05, 0) is 72.3 Å². The summed E-state index contributed by atoms with van der Waals surface area (Å²) in [7, 11) is -3.85. The molecular weight excluding hydrogens is 381 g/mol. The predicted molar refractivity (Wildman–Crippen MR) is 105 cm³/mol. The molecule has 0 aromatic heterocycles. The van der Waals surface area contributed by atoms with E-state index in [1.54, 1.807) is 18.2 Å². The molecule has 2 N–H and O–H groups in total. The quantitative estimate of drug-likeness (QED) is 0.482. The van der Waals surface area contributed by atoms with Gasteiger partial charge in [-0.3, -0.25) is 9.52 Å². The molecule has 0 spiro atoms. The average Bonchev–Trinajstić information content (AvgIpc) is 2.68. The average molecular weight is 397 g/mol. The van der Waals surface area contributed by atoms with E-state index < -0.39 is 15.8 Å². The molecule has 0 saturated carbocycles. The summed E-state index contributed by atoms with van der Waals surface area (Å²) in [6, 6.07) is 16.8. The first-order valence-corrected chi connectivity index (χ1v) is 9.72. The van der Waals surface area contributed by atoms with E-state index in [0.717, 1.165) is 17.7 Å². The van der Waals surface area contributed by atoms with Gasteiger partial charge in [0, 0.05) is 11.3 Å². The van der Waals surface area contributed by atoms with E-state index >= 15 is 0 Å².